The molecule has 3 rings (SSSR count). The highest BCUT2D eigenvalue weighted by molar-refractivity contribution is 14.1. The van der Waals surface area contributed by atoms with Gasteiger partial charge in [-0.25, -0.2) is 8.42 Å². The third-order valence-corrected chi connectivity index (χ3v) is 8.55. The monoisotopic (exact) mass is 683 g/mol. The maximum absolute atomic E-state index is 13.7. The van der Waals surface area contributed by atoms with E-state index in [2.05, 4.69) is 43.8 Å². The van der Waals surface area contributed by atoms with E-state index in [1.165, 1.54) is 17.0 Å². The minimum Gasteiger partial charge on any atom is -0.355 e. The first-order valence-electron chi connectivity index (χ1n) is 11.3. The lowest BCUT2D eigenvalue weighted by molar-refractivity contribution is -0.139. The van der Waals surface area contributed by atoms with E-state index in [9.17, 15) is 18.0 Å². The van der Waals surface area contributed by atoms with Crippen molar-refractivity contribution in [1.82, 2.24) is 10.2 Å². The number of anilines is 1. The normalized spacial score (nSPS) is 12.0. The molecular weight excluding hydrogens is 657 g/mol. The minimum atomic E-state index is -4.05. The number of amides is 2. The van der Waals surface area contributed by atoms with Crippen LogP contribution in [0.15, 0.2) is 88.2 Å². The van der Waals surface area contributed by atoms with Crippen molar-refractivity contribution in [2.45, 2.75) is 31.3 Å². The third kappa shape index (κ3) is 7.07. The smallest absolute Gasteiger partial charge is 0.264 e. The first-order chi connectivity index (χ1) is 17.1. The Bertz CT molecular complexity index is 1290. The van der Waals surface area contributed by atoms with Gasteiger partial charge in [-0.05, 0) is 90.5 Å². The molecule has 0 saturated heterocycles. The molecule has 3 aromatic rings. The van der Waals surface area contributed by atoms with Gasteiger partial charge < -0.3 is 10.2 Å². The first-order valence-corrected chi connectivity index (χ1v) is 14.6. The second-order valence-corrected chi connectivity index (χ2v) is 12.0. The Balaban J connectivity index is 2.00. The predicted octanol–water partition coefficient (Wildman–Crippen LogP) is 4.80. The molecule has 1 N–H and O–H groups in total. The number of benzene rings is 3. The molecule has 190 valence electrons. The summed E-state index contributed by atoms with van der Waals surface area (Å²) in [6.45, 7) is 3.55. The zero-order valence-corrected chi connectivity index (χ0v) is 24.5. The van der Waals surface area contributed by atoms with Gasteiger partial charge in [0.25, 0.3) is 10.0 Å². The topological polar surface area (TPSA) is 86.8 Å². The van der Waals surface area contributed by atoms with Crippen molar-refractivity contribution in [1.29, 1.82) is 0 Å². The highest BCUT2D eigenvalue weighted by Crippen LogP contribution is 2.25. The van der Waals surface area contributed by atoms with Crippen LogP contribution in [0.25, 0.3) is 0 Å². The fourth-order valence-corrected chi connectivity index (χ4v) is 5.61. The molecule has 0 radical (unpaired) electrons. The van der Waals surface area contributed by atoms with Crippen LogP contribution in [0.2, 0.25) is 0 Å². The quantitative estimate of drug-likeness (QED) is 0.311. The van der Waals surface area contributed by atoms with Gasteiger partial charge in [-0.3, -0.25) is 13.9 Å². The summed E-state index contributed by atoms with van der Waals surface area (Å²) in [6, 6.07) is 21.5. The number of hydrogen-bond acceptors (Lipinski definition) is 4. The van der Waals surface area contributed by atoms with E-state index in [0.29, 0.717) is 12.2 Å². The summed E-state index contributed by atoms with van der Waals surface area (Å²) in [6.07, 6.45) is 0. The minimum absolute atomic E-state index is 0.0765. The summed E-state index contributed by atoms with van der Waals surface area (Å²) in [5, 5.41) is 2.75. The molecule has 0 spiro atoms. The maximum atomic E-state index is 13.7. The molecule has 36 heavy (non-hydrogen) atoms. The molecule has 0 aliphatic carbocycles. The molecule has 0 heterocycles. The van der Waals surface area contributed by atoms with E-state index in [-0.39, 0.29) is 17.3 Å². The van der Waals surface area contributed by atoms with Crippen LogP contribution >= 0.6 is 38.5 Å². The standard InChI is InChI=1S/C26H27BrIN3O4S/c1-3-29-26(33)19(2)30(17-20-9-11-21(27)12-10-20)25(32)18-31(23-15-13-22(28)14-16-23)36(34,35)24-7-5-4-6-8-24/h4-16,19H,3,17-18H2,1-2H3,(H,29,33). The van der Waals surface area contributed by atoms with Crippen molar-refractivity contribution in [3.05, 3.63) is 92.5 Å². The van der Waals surface area contributed by atoms with E-state index in [1.54, 1.807) is 56.3 Å². The van der Waals surface area contributed by atoms with Crippen molar-refractivity contribution in [3.63, 3.8) is 0 Å². The number of nitrogens with zero attached hydrogens (tertiary/aromatic N) is 2. The van der Waals surface area contributed by atoms with E-state index < -0.39 is 28.5 Å². The molecule has 0 aliphatic rings. The van der Waals surface area contributed by atoms with E-state index in [4.69, 9.17) is 0 Å². The Morgan fingerprint density at radius 1 is 0.972 bits per heavy atom. The van der Waals surface area contributed by atoms with Gasteiger partial charge in [0, 0.05) is 21.1 Å². The molecule has 0 aromatic heterocycles. The van der Waals surface area contributed by atoms with Crippen molar-refractivity contribution >= 4 is 66.0 Å². The summed E-state index contributed by atoms with van der Waals surface area (Å²) < 4.78 is 30.2. The number of sulfonamides is 1. The molecule has 1 unspecified atom stereocenters. The lowest BCUT2D eigenvalue weighted by Gasteiger charge is -2.32. The Morgan fingerprint density at radius 2 is 1.58 bits per heavy atom. The summed E-state index contributed by atoms with van der Waals surface area (Å²) in [5.74, 6) is -0.801. The van der Waals surface area contributed by atoms with Crippen LogP contribution in [0, 0.1) is 3.57 Å². The number of carbonyl (C=O) groups is 2. The second-order valence-electron chi connectivity index (χ2n) is 8.02. The number of hydrogen-bond donors (Lipinski definition) is 1. The van der Waals surface area contributed by atoms with Crippen LogP contribution in [-0.4, -0.2) is 44.3 Å². The lowest BCUT2D eigenvalue weighted by atomic mass is 10.1. The molecule has 10 heteroatoms. The van der Waals surface area contributed by atoms with E-state index in [0.717, 1.165) is 17.9 Å². The largest absolute Gasteiger partial charge is 0.355 e. The van der Waals surface area contributed by atoms with Crippen molar-refractivity contribution in [2.75, 3.05) is 17.4 Å². The van der Waals surface area contributed by atoms with E-state index >= 15 is 0 Å². The number of carbonyl (C=O) groups excluding carboxylic acids is 2. The SMILES string of the molecule is CCNC(=O)C(C)N(Cc1ccc(Br)cc1)C(=O)CN(c1ccc(I)cc1)S(=O)(=O)c1ccccc1. The summed E-state index contributed by atoms with van der Waals surface area (Å²) in [4.78, 5) is 27.9. The lowest BCUT2D eigenvalue weighted by Crippen LogP contribution is -2.51. The van der Waals surface area contributed by atoms with Crippen molar-refractivity contribution < 1.29 is 18.0 Å². The van der Waals surface area contributed by atoms with Gasteiger partial charge in [-0.2, -0.15) is 0 Å². The Labute approximate surface area is 234 Å². The molecule has 1 atom stereocenters. The molecule has 0 saturated carbocycles. The number of likely N-dealkylation sites (N-methyl/N-ethyl adjacent to an activating group) is 1. The number of rotatable bonds is 10. The summed E-state index contributed by atoms with van der Waals surface area (Å²) >= 11 is 5.54. The summed E-state index contributed by atoms with van der Waals surface area (Å²) in [7, 11) is -4.05. The fourth-order valence-electron chi connectivity index (χ4n) is 3.55. The molecular formula is C26H27BrIN3O4S. The molecule has 2 amide bonds. The van der Waals surface area contributed by atoms with Crippen LogP contribution in [0.4, 0.5) is 5.69 Å². The zero-order valence-electron chi connectivity index (χ0n) is 19.9. The van der Waals surface area contributed by atoms with Crippen LogP contribution in [-0.2, 0) is 26.2 Å². The predicted molar refractivity (Wildman–Crippen MR) is 153 cm³/mol. The van der Waals surface area contributed by atoms with Crippen LogP contribution in [0.5, 0.6) is 0 Å². The Kier molecular flexibility index (Phi) is 9.92. The third-order valence-electron chi connectivity index (χ3n) is 5.51. The molecule has 0 aliphatic heterocycles. The average molecular weight is 684 g/mol. The Morgan fingerprint density at radius 3 is 2.17 bits per heavy atom. The van der Waals surface area contributed by atoms with Crippen LogP contribution in [0.3, 0.4) is 0 Å². The maximum Gasteiger partial charge on any atom is 0.264 e. The Hall–Kier alpha value is -2.44. The molecule has 0 fully saturated rings. The van der Waals surface area contributed by atoms with Gasteiger partial charge in [0.05, 0.1) is 10.6 Å². The molecule has 7 nitrogen and oxygen atoms in total. The van der Waals surface area contributed by atoms with Crippen molar-refractivity contribution in [3.8, 4) is 0 Å². The fraction of sp³-hybridized carbons (Fsp3) is 0.231. The van der Waals surface area contributed by atoms with Gasteiger partial charge in [0.1, 0.15) is 12.6 Å². The molecule has 3 aromatic carbocycles. The van der Waals surface area contributed by atoms with Crippen LogP contribution in [0.1, 0.15) is 19.4 Å². The van der Waals surface area contributed by atoms with E-state index in [1.807, 2.05) is 24.3 Å². The second kappa shape index (κ2) is 12.7. The molecule has 0 bridgehead atoms. The summed E-state index contributed by atoms with van der Waals surface area (Å²) in [5.41, 5.74) is 1.18. The van der Waals surface area contributed by atoms with Gasteiger partial charge in [-0.15, -0.1) is 0 Å². The number of halogens is 2. The first kappa shape index (κ1) is 28.1. The van der Waals surface area contributed by atoms with Crippen LogP contribution < -0.4 is 9.62 Å². The van der Waals surface area contributed by atoms with Gasteiger partial charge in [0.2, 0.25) is 11.8 Å². The zero-order chi connectivity index (χ0) is 26.3. The van der Waals surface area contributed by atoms with Gasteiger partial charge >= 0.3 is 0 Å². The van der Waals surface area contributed by atoms with Crippen molar-refractivity contribution in [2.24, 2.45) is 0 Å². The highest BCUT2D eigenvalue weighted by Gasteiger charge is 2.32. The highest BCUT2D eigenvalue weighted by atomic mass is 127. The van der Waals surface area contributed by atoms with Gasteiger partial charge in [-0.1, -0.05) is 46.3 Å². The average Bonchev–Trinajstić information content (AvgIpc) is 2.87. The number of nitrogens with one attached hydrogen (secondary N) is 1. The van der Waals surface area contributed by atoms with Gasteiger partial charge in [0.15, 0.2) is 0 Å².